The molecular weight excluding hydrogens is 302 g/mol. The maximum atomic E-state index is 6.22. The molecular formula is C19H27N3O2. The van der Waals surface area contributed by atoms with Gasteiger partial charge in [-0.05, 0) is 36.8 Å². The number of aliphatic imine (C=N–C) groups is 1. The van der Waals surface area contributed by atoms with Crippen LogP contribution in [0, 0.1) is 5.92 Å². The molecule has 1 aromatic carbocycles. The van der Waals surface area contributed by atoms with Gasteiger partial charge in [0.05, 0.1) is 24.8 Å². The van der Waals surface area contributed by atoms with Gasteiger partial charge in [-0.3, -0.25) is 0 Å². The van der Waals surface area contributed by atoms with E-state index >= 15 is 0 Å². The minimum atomic E-state index is -0.0324. The number of hydrogen-bond acceptors (Lipinski definition) is 5. The van der Waals surface area contributed by atoms with Crippen molar-refractivity contribution in [2.75, 3.05) is 33.4 Å². The fraction of sp³-hybridized carbons (Fsp3) is 0.632. The van der Waals surface area contributed by atoms with Crippen LogP contribution in [0.2, 0.25) is 0 Å². The van der Waals surface area contributed by atoms with Crippen LogP contribution in [-0.4, -0.2) is 44.1 Å². The third-order valence-corrected chi connectivity index (χ3v) is 5.75. The minimum Gasteiger partial charge on any atom is -0.493 e. The highest BCUT2D eigenvalue weighted by molar-refractivity contribution is 6.00. The van der Waals surface area contributed by atoms with Crippen LogP contribution < -0.4 is 15.2 Å². The molecule has 5 nitrogen and oxygen atoms in total. The Morgan fingerprint density at radius 2 is 2.08 bits per heavy atom. The molecule has 1 saturated carbocycles. The molecule has 2 aliphatic heterocycles. The molecule has 0 atom stereocenters. The van der Waals surface area contributed by atoms with Gasteiger partial charge in [-0.25, -0.2) is 4.99 Å². The number of amidine groups is 1. The largest absolute Gasteiger partial charge is 0.493 e. The predicted molar refractivity (Wildman–Crippen MR) is 95.5 cm³/mol. The number of fused-ring (bicyclic) bond motifs is 2. The molecule has 0 aromatic heterocycles. The Labute approximate surface area is 143 Å². The lowest BCUT2D eigenvalue weighted by molar-refractivity contribution is 0.105. The van der Waals surface area contributed by atoms with Gasteiger partial charge in [0.1, 0.15) is 5.84 Å². The van der Waals surface area contributed by atoms with Crippen LogP contribution in [0.5, 0.6) is 11.5 Å². The van der Waals surface area contributed by atoms with Crippen LogP contribution in [0.1, 0.15) is 38.2 Å². The normalized spacial score (nSPS) is 21.8. The van der Waals surface area contributed by atoms with Crippen LogP contribution in [-0.2, 0) is 5.41 Å². The van der Waals surface area contributed by atoms with Gasteiger partial charge in [-0.1, -0.05) is 13.3 Å². The Morgan fingerprint density at radius 3 is 2.71 bits per heavy atom. The lowest BCUT2D eigenvalue weighted by Crippen LogP contribution is -2.45. The average molecular weight is 329 g/mol. The molecule has 1 aliphatic carbocycles. The van der Waals surface area contributed by atoms with Gasteiger partial charge in [-0.15, -0.1) is 0 Å². The second kappa shape index (κ2) is 5.96. The number of nitrogens with two attached hydrogens (primary N) is 1. The van der Waals surface area contributed by atoms with Crippen LogP contribution >= 0.6 is 0 Å². The van der Waals surface area contributed by atoms with Crippen LogP contribution in [0.25, 0.3) is 0 Å². The van der Waals surface area contributed by atoms with Crippen molar-refractivity contribution in [2.45, 2.75) is 38.0 Å². The zero-order valence-corrected chi connectivity index (χ0v) is 14.7. The molecule has 0 bridgehead atoms. The van der Waals surface area contributed by atoms with Crippen LogP contribution in [0.15, 0.2) is 17.1 Å². The summed E-state index contributed by atoms with van der Waals surface area (Å²) in [6.45, 7) is 6.54. The summed E-state index contributed by atoms with van der Waals surface area (Å²) in [7, 11) is 1.70. The van der Waals surface area contributed by atoms with Crippen molar-refractivity contribution < 1.29 is 9.47 Å². The van der Waals surface area contributed by atoms with E-state index in [4.69, 9.17) is 15.2 Å². The Morgan fingerprint density at radius 1 is 1.29 bits per heavy atom. The number of methoxy groups -OCH3 is 1. The zero-order valence-electron chi connectivity index (χ0n) is 14.7. The molecule has 2 heterocycles. The fourth-order valence-electron chi connectivity index (χ4n) is 4.21. The summed E-state index contributed by atoms with van der Waals surface area (Å²) >= 11 is 0. The van der Waals surface area contributed by atoms with Crippen molar-refractivity contribution in [3.05, 3.63) is 17.7 Å². The van der Waals surface area contributed by atoms with Crippen molar-refractivity contribution in [1.82, 2.24) is 4.90 Å². The van der Waals surface area contributed by atoms with E-state index in [-0.39, 0.29) is 5.41 Å². The summed E-state index contributed by atoms with van der Waals surface area (Å²) in [5, 5.41) is 0. The van der Waals surface area contributed by atoms with Gasteiger partial charge in [0, 0.05) is 25.7 Å². The molecule has 0 unspecified atom stereocenters. The van der Waals surface area contributed by atoms with Gasteiger partial charge in [-0.2, -0.15) is 0 Å². The quantitative estimate of drug-likeness (QED) is 0.815. The second-order valence-electron chi connectivity index (χ2n) is 7.52. The molecule has 0 radical (unpaired) electrons. The monoisotopic (exact) mass is 329 g/mol. The van der Waals surface area contributed by atoms with Crippen LogP contribution in [0.4, 0.5) is 5.69 Å². The van der Waals surface area contributed by atoms with Crippen LogP contribution in [0.3, 0.4) is 0 Å². The third-order valence-electron chi connectivity index (χ3n) is 5.75. The van der Waals surface area contributed by atoms with E-state index < -0.39 is 0 Å². The summed E-state index contributed by atoms with van der Waals surface area (Å²) < 4.78 is 11.6. The maximum absolute atomic E-state index is 6.22. The van der Waals surface area contributed by atoms with E-state index in [2.05, 4.69) is 22.9 Å². The smallest absolute Gasteiger partial charge is 0.163 e. The lowest BCUT2D eigenvalue weighted by Gasteiger charge is -2.39. The average Bonchev–Trinajstić information content (AvgIpc) is 2.79. The second-order valence-corrected chi connectivity index (χ2v) is 7.52. The number of ether oxygens (including phenoxy) is 2. The summed E-state index contributed by atoms with van der Waals surface area (Å²) in [6, 6.07) is 4.09. The molecule has 5 heteroatoms. The van der Waals surface area contributed by atoms with Gasteiger partial charge in [0.15, 0.2) is 11.5 Å². The van der Waals surface area contributed by atoms with Gasteiger partial charge >= 0.3 is 0 Å². The maximum Gasteiger partial charge on any atom is 0.163 e. The van der Waals surface area contributed by atoms with Crippen molar-refractivity contribution in [1.29, 1.82) is 0 Å². The standard InChI is InChI=1S/C19H27N3O2/c1-13-11-22(12-13)7-4-8-24-17-10-15-14(9-16(17)23-2)19(5-3-6-19)18(20)21-15/h9-10,13H,3-8,11-12H2,1-2H3,(H2,20,21). The highest BCUT2D eigenvalue weighted by atomic mass is 16.5. The Hall–Kier alpha value is -1.75. The topological polar surface area (TPSA) is 60.1 Å². The first-order chi connectivity index (χ1) is 11.6. The highest BCUT2D eigenvalue weighted by Gasteiger charge is 2.47. The molecule has 1 aromatic rings. The number of benzene rings is 1. The van der Waals surface area contributed by atoms with E-state index in [1.807, 2.05) is 6.07 Å². The van der Waals surface area contributed by atoms with Gasteiger partial charge < -0.3 is 20.1 Å². The molecule has 130 valence electrons. The third kappa shape index (κ3) is 2.46. The highest BCUT2D eigenvalue weighted by Crippen LogP contribution is 2.53. The number of likely N-dealkylation sites (tertiary alicyclic amines) is 1. The number of hydrogen-bond donors (Lipinski definition) is 1. The van der Waals surface area contributed by atoms with Gasteiger partial charge in [0.25, 0.3) is 0 Å². The number of rotatable bonds is 6. The van der Waals surface area contributed by atoms with Crippen molar-refractivity contribution in [3.63, 3.8) is 0 Å². The minimum absolute atomic E-state index is 0.0324. The fourth-order valence-corrected chi connectivity index (χ4v) is 4.21. The van der Waals surface area contributed by atoms with Crippen molar-refractivity contribution in [3.8, 4) is 11.5 Å². The summed E-state index contributed by atoms with van der Waals surface area (Å²) in [6.07, 6.45) is 4.42. The Balaban J connectivity index is 1.43. The van der Waals surface area contributed by atoms with Gasteiger partial charge in [0.2, 0.25) is 0 Å². The summed E-state index contributed by atoms with van der Waals surface area (Å²) in [5.41, 5.74) is 8.36. The molecule has 0 amide bonds. The molecule has 24 heavy (non-hydrogen) atoms. The Bertz CT molecular complexity index is 661. The molecule has 2 N–H and O–H groups in total. The van der Waals surface area contributed by atoms with Crippen molar-refractivity contribution in [2.24, 2.45) is 16.6 Å². The summed E-state index contributed by atoms with van der Waals surface area (Å²) in [5.74, 6) is 3.18. The summed E-state index contributed by atoms with van der Waals surface area (Å²) in [4.78, 5) is 7.07. The first-order valence-electron chi connectivity index (χ1n) is 9.05. The molecule has 3 aliphatic rings. The molecule has 1 spiro atoms. The van der Waals surface area contributed by atoms with E-state index in [0.29, 0.717) is 6.61 Å². The zero-order chi connectivity index (χ0) is 16.7. The molecule has 2 fully saturated rings. The SMILES string of the molecule is COc1cc2c(cc1OCCCN1CC(C)C1)N=C(N)C21CCC1. The lowest BCUT2D eigenvalue weighted by atomic mass is 9.64. The van der Waals surface area contributed by atoms with Crippen molar-refractivity contribution >= 4 is 11.5 Å². The number of nitrogens with zero attached hydrogens (tertiary/aromatic N) is 2. The molecule has 4 rings (SSSR count). The van der Waals surface area contributed by atoms with E-state index in [1.54, 1.807) is 7.11 Å². The first-order valence-corrected chi connectivity index (χ1v) is 9.05. The predicted octanol–water partition coefficient (Wildman–Crippen LogP) is 2.84. The first kappa shape index (κ1) is 15.8. The van der Waals surface area contributed by atoms with E-state index in [1.165, 1.54) is 25.1 Å². The van der Waals surface area contributed by atoms with E-state index in [9.17, 15) is 0 Å². The van der Waals surface area contributed by atoms with E-state index in [0.717, 1.165) is 54.7 Å². The molecule has 1 saturated heterocycles. The Kier molecular flexibility index (Phi) is 3.91.